The molecular formula is C13H26N2O3S2. The number of piperidine rings is 1. The van der Waals surface area contributed by atoms with E-state index in [1.165, 1.54) is 4.31 Å². The van der Waals surface area contributed by atoms with Crippen LogP contribution in [0.4, 0.5) is 0 Å². The molecule has 0 aromatic rings. The predicted octanol–water partition coefficient (Wildman–Crippen LogP) is 1.34. The maximum atomic E-state index is 12.6. The average molecular weight is 322 g/mol. The van der Waals surface area contributed by atoms with Gasteiger partial charge in [-0.15, -0.1) is 0 Å². The normalized spacial score (nSPS) is 32.6. The number of thioether (sulfide) groups is 1. The van der Waals surface area contributed by atoms with E-state index < -0.39 is 10.2 Å². The van der Waals surface area contributed by atoms with Crippen molar-refractivity contribution in [1.82, 2.24) is 9.03 Å². The molecule has 1 heterocycles. The zero-order chi connectivity index (χ0) is 14.6. The molecule has 7 heteroatoms. The van der Waals surface area contributed by atoms with E-state index in [4.69, 9.17) is 0 Å². The molecule has 0 amide bonds. The van der Waals surface area contributed by atoms with E-state index in [1.807, 2.05) is 11.8 Å². The van der Waals surface area contributed by atoms with Crippen LogP contribution in [0, 0.1) is 0 Å². The predicted molar refractivity (Wildman–Crippen MR) is 83.0 cm³/mol. The van der Waals surface area contributed by atoms with Crippen molar-refractivity contribution >= 4 is 22.0 Å². The molecule has 2 N–H and O–H groups in total. The Morgan fingerprint density at radius 2 is 2.05 bits per heavy atom. The van der Waals surface area contributed by atoms with Crippen LogP contribution in [0.15, 0.2) is 0 Å². The monoisotopic (exact) mass is 322 g/mol. The fraction of sp³-hybridized carbons (Fsp3) is 1.00. The van der Waals surface area contributed by atoms with Crippen LogP contribution in [-0.2, 0) is 10.2 Å². The summed E-state index contributed by atoms with van der Waals surface area (Å²) < 4.78 is 29.5. The summed E-state index contributed by atoms with van der Waals surface area (Å²) >= 11 is 1.85. The summed E-state index contributed by atoms with van der Waals surface area (Å²) in [5.41, 5.74) is 0. The van der Waals surface area contributed by atoms with Gasteiger partial charge in [-0.1, -0.05) is 19.8 Å². The molecule has 0 aromatic carbocycles. The van der Waals surface area contributed by atoms with Gasteiger partial charge in [0.15, 0.2) is 0 Å². The first-order valence-electron chi connectivity index (χ1n) is 7.60. The highest BCUT2D eigenvalue weighted by Crippen LogP contribution is 2.31. The largest absolute Gasteiger partial charge is 0.395 e. The fourth-order valence-electron chi connectivity index (χ4n) is 3.21. The van der Waals surface area contributed by atoms with Crippen LogP contribution in [0.1, 0.15) is 45.4 Å². The second-order valence-electron chi connectivity index (χ2n) is 5.60. The molecule has 20 heavy (non-hydrogen) atoms. The van der Waals surface area contributed by atoms with Crippen LogP contribution in [0.2, 0.25) is 0 Å². The van der Waals surface area contributed by atoms with Crippen molar-refractivity contribution in [2.75, 3.05) is 18.9 Å². The van der Waals surface area contributed by atoms with Crippen molar-refractivity contribution in [2.45, 2.75) is 62.8 Å². The minimum atomic E-state index is -3.47. The lowest BCUT2D eigenvalue weighted by Gasteiger charge is -2.34. The summed E-state index contributed by atoms with van der Waals surface area (Å²) in [5.74, 6) is 1.02. The Kier molecular flexibility index (Phi) is 6.16. The van der Waals surface area contributed by atoms with Gasteiger partial charge in [-0.3, -0.25) is 0 Å². The molecule has 2 fully saturated rings. The molecule has 3 unspecified atom stereocenters. The van der Waals surface area contributed by atoms with Crippen LogP contribution in [0.3, 0.4) is 0 Å². The van der Waals surface area contributed by atoms with Gasteiger partial charge in [-0.25, -0.2) is 0 Å². The smallest absolute Gasteiger partial charge is 0.280 e. The molecule has 1 aliphatic heterocycles. The highest BCUT2D eigenvalue weighted by atomic mass is 32.2. The second-order valence-corrected chi connectivity index (χ2v) is 8.77. The molecule has 118 valence electrons. The molecular weight excluding hydrogens is 296 g/mol. The minimum absolute atomic E-state index is 0.0474. The van der Waals surface area contributed by atoms with Gasteiger partial charge in [0.1, 0.15) is 0 Å². The van der Waals surface area contributed by atoms with Crippen LogP contribution >= 0.6 is 11.8 Å². The Bertz CT molecular complexity index is 402. The average Bonchev–Trinajstić information content (AvgIpc) is 2.86. The van der Waals surface area contributed by atoms with Crippen LogP contribution in [0.25, 0.3) is 0 Å². The van der Waals surface area contributed by atoms with Gasteiger partial charge >= 0.3 is 0 Å². The zero-order valence-corrected chi connectivity index (χ0v) is 13.8. The summed E-state index contributed by atoms with van der Waals surface area (Å²) in [7, 11) is -3.47. The lowest BCUT2D eigenvalue weighted by molar-refractivity contribution is 0.153. The lowest BCUT2D eigenvalue weighted by atomic mass is 10.1. The molecule has 5 nitrogen and oxygen atoms in total. The van der Waals surface area contributed by atoms with E-state index in [2.05, 4.69) is 11.6 Å². The van der Waals surface area contributed by atoms with Crippen LogP contribution in [-0.4, -0.2) is 54.1 Å². The highest BCUT2D eigenvalue weighted by molar-refractivity contribution is 8.00. The molecule has 2 aliphatic rings. The zero-order valence-electron chi connectivity index (χ0n) is 12.1. The number of nitrogens with zero attached hydrogens (tertiary/aromatic N) is 1. The van der Waals surface area contributed by atoms with Gasteiger partial charge in [0.05, 0.1) is 6.61 Å². The Hall–Kier alpha value is 0.180. The van der Waals surface area contributed by atoms with Gasteiger partial charge in [0.2, 0.25) is 0 Å². The molecule has 0 aromatic heterocycles. The molecule has 2 rings (SSSR count). The third kappa shape index (κ3) is 3.88. The number of hydrogen-bond donors (Lipinski definition) is 2. The van der Waals surface area contributed by atoms with E-state index in [-0.39, 0.29) is 18.7 Å². The topological polar surface area (TPSA) is 69.6 Å². The minimum Gasteiger partial charge on any atom is -0.395 e. The molecule has 1 aliphatic carbocycles. The van der Waals surface area contributed by atoms with Crippen molar-refractivity contribution in [1.29, 1.82) is 0 Å². The summed E-state index contributed by atoms with van der Waals surface area (Å²) in [6.07, 6.45) is 5.75. The number of aliphatic hydroxyl groups is 1. The van der Waals surface area contributed by atoms with Crippen molar-refractivity contribution < 1.29 is 13.5 Å². The van der Waals surface area contributed by atoms with Crippen LogP contribution < -0.4 is 4.72 Å². The van der Waals surface area contributed by atoms with E-state index in [0.717, 1.165) is 44.3 Å². The number of rotatable bonds is 6. The van der Waals surface area contributed by atoms with E-state index >= 15 is 0 Å². The summed E-state index contributed by atoms with van der Waals surface area (Å²) in [4.78, 5) is 0. The summed E-state index contributed by atoms with van der Waals surface area (Å²) in [5, 5.41) is 9.78. The first kappa shape index (κ1) is 16.5. The number of nitrogens with one attached hydrogen (secondary N) is 1. The molecule has 0 spiro atoms. The molecule has 1 saturated carbocycles. The first-order valence-corrected chi connectivity index (χ1v) is 10.1. The van der Waals surface area contributed by atoms with Gasteiger partial charge in [-0.2, -0.15) is 29.2 Å². The summed E-state index contributed by atoms with van der Waals surface area (Å²) in [6, 6.07) is -0.203. The Labute approximate surface area is 126 Å². The Morgan fingerprint density at radius 3 is 2.75 bits per heavy atom. The van der Waals surface area contributed by atoms with Crippen molar-refractivity contribution in [2.24, 2.45) is 0 Å². The van der Waals surface area contributed by atoms with Crippen molar-refractivity contribution in [3.05, 3.63) is 0 Å². The number of hydrogen-bond acceptors (Lipinski definition) is 4. The Morgan fingerprint density at radius 1 is 1.25 bits per heavy atom. The number of aliphatic hydroxyl groups excluding tert-OH is 1. The quantitative estimate of drug-likeness (QED) is 0.774. The van der Waals surface area contributed by atoms with E-state index in [0.29, 0.717) is 11.8 Å². The molecule has 3 atom stereocenters. The van der Waals surface area contributed by atoms with Crippen molar-refractivity contribution in [3.8, 4) is 0 Å². The van der Waals surface area contributed by atoms with Crippen molar-refractivity contribution in [3.63, 3.8) is 0 Å². The molecule has 0 radical (unpaired) electrons. The van der Waals surface area contributed by atoms with Gasteiger partial charge < -0.3 is 5.11 Å². The lowest BCUT2D eigenvalue weighted by Crippen LogP contribution is -2.53. The molecule has 0 bridgehead atoms. The highest BCUT2D eigenvalue weighted by Gasteiger charge is 2.36. The summed E-state index contributed by atoms with van der Waals surface area (Å²) in [6.45, 7) is 2.55. The first-order chi connectivity index (χ1) is 9.58. The van der Waals surface area contributed by atoms with Gasteiger partial charge in [0, 0.05) is 23.9 Å². The van der Waals surface area contributed by atoms with E-state index in [1.54, 1.807) is 0 Å². The third-order valence-corrected chi connectivity index (χ3v) is 7.25. The molecule has 1 saturated heterocycles. The van der Waals surface area contributed by atoms with E-state index in [9.17, 15) is 13.5 Å². The van der Waals surface area contributed by atoms with Gasteiger partial charge in [0.25, 0.3) is 10.2 Å². The second kappa shape index (κ2) is 7.45. The third-order valence-electron chi connectivity index (χ3n) is 4.23. The standard InChI is InChI=1S/C13H26N2O3S2/c1-2-19-13-8-5-7-12(13)14-20(17,18)15-9-4-3-6-11(15)10-16/h11-14,16H,2-10H2,1H3. The van der Waals surface area contributed by atoms with Gasteiger partial charge in [-0.05, 0) is 31.4 Å². The van der Waals surface area contributed by atoms with Crippen LogP contribution in [0.5, 0.6) is 0 Å². The maximum absolute atomic E-state index is 12.6. The maximum Gasteiger partial charge on any atom is 0.280 e. The Balaban J connectivity index is 2.02. The fourth-order valence-corrected chi connectivity index (χ4v) is 6.22. The SMILES string of the molecule is CCSC1CCCC1NS(=O)(=O)N1CCCCC1CO.